The van der Waals surface area contributed by atoms with E-state index in [1.165, 1.54) is 11.8 Å². The summed E-state index contributed by atoms with van der Waals surface area (Å²) < 4.78 is 14.5. The van der Waals surface area contributed by atoms with Crippen molar-refractivity contribution < 1.29 is 9.05 Å². The minimum absolute atomic E-state index is 0.840. The van der Waals surface area contributed by atoms with Crippen molar-refractivity contribution in [1.29, 1.82) is 0 Å². The SMILES string of the molecule is CO[P+](S)(N=C(SC)N(C)C)OC. The molecule has 0 radical (unpaired) electrons. The van der Waals surface area contributed by atoms with Gasteiger partial charge in [-0.2, -0.15) is 9.05 Å². The number of amidine groups is 1. The van der Waals surface area contributed by atoms with Gasteiger partial charge in [0.2, 0.25) is 5.17 Å². The Balaban J connectivity index is 4.64. The first kappa shape index (κ1) is 13.5. The normalized spacial score (nSPS) is 13.2. The van der Waals surface area contributed by atoms with Crippen LogP contribution >= 0.6 is 31.1 Å². The molecule has 0 N–H and O–H groups in total. The van der Waals surface area contributed by atoms with Crippen LogP contribution in [0.15, 0.2) is 4.76 Å². The highest BCUT2D eigenvalue weighted by atomic mass is 32.7. The second-order valence-corrected chi connectivity index (χ2v) is 6.54. The Morgan fingerprint density at radius 2 is 1.85 bits per heavy atom. The Morgan fingerprint density at radius 3 is 2.08 bits per heavy atom. The van der Waals surface area contributed by atoms with Gasteiger partial charge in [0.15, 0.2) is 0 Å². The number of thioether (sulfide) groups is 1. The minimum atomic E-state index is -2.34. The maximum atomic E-state index is 5.10. The molecule has 0 fully saturated rings. The largest absolute Gasteiger partial charge is 0.461 e. The smallest absolute Gasteiger partial charge is 0.354 e. The lowest BCUT2D eigenvalue weighted by atomic mass is 10.9. The van der Waals surface area contributed by atoms with Crippen LogP contribution in [0.1, 0.15) is 0 Å². The van der Waals surface area contributed by atoms with Crippen LogP contribution < -0.4 is 0 Å². The van der Waals surface area contributed by atoms with Gasteiger partial charge in [-0.05, 0) is 11.0 Å². The lowest BCUT2D eigenvalue weighted by Gasteiger charge is -2.14. The Morgan fingerprint density at radius 1 is 1.38 bits per heavy atom. The zero-order valence-corrected chi connectivity index (χ0v) is 11.1. The molecule has 0 aliphatic carbocycles. The van der Waals surface area contributed by atoms with Gasteiger partial charge in [-0.25, -0.2) is 0 Å². The minimum Gasteiger partial charge on any atom is -0.354 e. The Bertz CT molecular complexity index is 185. The van der Waals surface area contributed by atoms with Gasteiger partial charge in [-0.15, -0.1) is 0 Å². The van der Waals surface area contributed by atoms with Crippen LogP contribution in [0.5, 0.6) is 0 Å². The highest BCUT2D eigenvalue weighted by molar-refractivity contribution is 8.49. The standard InChI is InChI=1S/C6H16N2O2PS2/c1-8(2)6(13-5)7-11(12,9-3)10-4/h12H,1-5H3/q+1. The van der Waals surface area contributed by atoms with E-state index in [2.05, 4.69) is 17.0 Å². The van der Waals surface area contributed by atoms with Gasteiger partial charge in [0.05, 0.1) is 26.5 Å². The van der Waals surface area contributed by atoms with Crippen LogP contribution in [0.25, 0.3) is 0 Å². The molecule has 0 saturated heterocycles. The van der Waals surface area contributed by atoms with Crippen molar-refractivity contribution >= 4 is 36.2 Å². The lowest BCUT2D eigenvalue weighted by Crippen LogP contribution is -2.18. The van der Waals surface area contributed by atoms with Crippen molar-refractivity contribution in [2.75, 3.05) is 34.6 Å². The molecular weight excluding hydrogens is 227 g/mol. The number of rotatable bonds is 3. The van der Waals surface area contributed by atoms with Crippen LogP contribution in [0.3, 0.4) is 0 Å². The van der Waals surface area contributed by atoms with Crippen molar-refractivity contribution in [2.45, 2.75) is 0 Å². The molecule has 0 amide bonds. The molecule has 0 aliphatic heterocycles. The first-order chi connectivity index (χ1) is 5.99. The predicted octanol–water partition coefficient (Wildman–Crippen LogP) is 2.17. The topological polar surface area (TPSA) is 34.1 Å². The second kappa shape index (κ2) is 6.09. The molecule has 0 rings (SSSR count). The lowest BCUT2D eigenvalue weighted by molar-refractivity contribution is 0.335. The van der Waals surface area contributed by atoms with Crippen molar-refractivity contribution in [3.8, 4) is 0 Å². The van der Waals surface area contributed by atoms with Crippen molar-refractivity contribution in [3.63, 3.8) is 0 Å². The fourth-order valence-corrected chi connectivity index (χ4v) is 2.73. The van der Waals surface area contributed by atoms with Gasteiger partial charge in [0.1, 0.15) is 0 Å². The highest BCUT2D eigenvalue weighted by Gasteiger charge is 2.37. The molecule has 0 spiro atoms. The van der Waals surface area contributed by atoms with E-state index in [1.807, 2.05) is 25.3 Å². The third-order valence-electron chi connectivity index (χ3n) is 1.25. The summed E-state index contributed by atoms with van der Waals surface area (Å²) in [5.41, 5.74) is 0. The summed E-state index contributed by atoms with van der Waals surface area (Å²) in [4.78, 5) is 1.90. The molecule has 0 heterocycles. The van der Waals surface area contributed by atoms with E-state index in [-0.39, 0.29) is 0 Å². The van der Waals surface area contributed by atoms with Crippen LogP contribution in [0.4, 0.5) is 0 Å². The fourth-order valence-electron chi connectivity index (χ4n) is 0.577. The first-order valence-electron chi connectivity index (χ1n) is 3.54. The van der Waals surface area contributed by atoms with E-state index < -0.39 is 7.07 Å². The Labute approximate surface area is 89.8 Å². The van der Waals surface area contributed by atoms with E-state index in [0.29, 0.717) is 0 Å². The van der Waals surface area contributed by atoms with Gasteiger partial charge >= 0.3 is 7.07 Å². The molecule has 78 valence electrons. The van der Waals surface area contributed by atoms with E-state index in [0.717, 1.165) is 5.17 Å². The van der Waals surface area contributed by atoms with Gasteiger partial charge in [-0.1, -0.05) is 11.8 Å². The summed E-state index contributed by atoms with van der Waals surface area (Å²) in [6, 6.07) is 0. The number of nitrogens with zero attached hydrogens (tertiary/aromatic N) is 2. The van der Waals surface area contributed by atoms with Gasteiger partial charge < -0.3 is 4.90 Å². The molecule has 7 heteroatoms. The average molecular weight is 243 g/mol. The maximum Gasteiger partial charge on any atom is 0.461 e. The number of hydrogen-bond donors (Lipinski definition) is 1. The van der Waals surface area contributed by atoms with E-state index in [1.54, 1.807) is 14.2 Å². The van der Waals surface area contributed by atoms with Crippen molar-refractivity contribution in [3.05, 3.63) is 0 Å². The zero-order valence-electron chi connectivity index (χ0n) is 8.51. The molecule has 0 aliphatic rings. The van der Waals surface area contributed by atoms with Crippen LogP contribution in [-0.2, 0) is 9.05 Å². The molecule has 0 aromatic rings. The monoisotopic (exact) mass is 243 g/mol. The molecule has 13 heavy (non-hydrogen) atoms. The molecule has 0 aromatic heterocycles. The van der Waals surface area contributed by atoms with Gasteiger partial charge in [-0.3, -0.25) is 0 Å². The molecule has 0 bridgehead atoms. The van der Waals surface area contributed by atoms with Gasteiger partial charge in [0.25, 0.3) is 0 Å². The maximum absolute atomic E-state index is 5.10. The zero-order chi connectivity index (χ0) is 10.5. The molecule has 0 aromatic carbocycles. The molecule has 0 saturated carbocycles. The Hall–Kier alpha value is 0.520. The van der Waals surface area contributed by atoms with Crippen LogP contribution in [0, 0.1) is 0 Å². The fraction of sp³-hybridized carbons (Fsp3) is 0.833. The molecular formula is C6H16N2O2PS2+. The molecule has 4 nitrogen and oxygen atoms in total. The first-order valence-corrected chi connectivity index (χ1v) is 7.49. The summed E-state index contributed by atoms with van der Waals surface area (Å²) in [5.74, 6) is 0. The van der Waals surface area contributed by atoms with Crippen molar-refractivity contribution in [2.24, 2.45) is 4.76 Å². The number of hydrogen-bond acceptors (Lipinski definition) is 5. The van der Waals surface area contributed by atoms with Crippen LogP contribution in [-0.4, -0.2) is 44.6 Å². The average Bonchev–Trinajstić information content (AvgIpc) is 2.13. The summed E-state index contributed by atoms with van der Waals surface area (Å²) in [5, 5.41) is 0.840. The third-order valence-corrected chi connectivity index (χ3v) is 4.85. The molecule has 0 atom stereocenters. The summed E-state index contributed by atoms with van der Waals surface area (Å²) in [6.45, 7) is 0. The summed E-state index contributed by atoms with van der Waals surface area (Å²) >= 11 is 5.78. The summed E-state index contributed by atoms with van der Waals surface area (Å²) in [6.07, 6.45) is 1.95. The van der Waals surface area contributed by atoms with Gasteiger partial charge in [0, 0.05) is 14.1 Å². The predicted molar refractivity (Wildman–Crippen MR) is 64.6 cm³/mol. The van der Waals surface area contributed by atoms with E-state index in [4.69, 9.17) is 9.05 Å². The number of thiol groups is 1. The van der Waals surface area contributed by atoms with Crippen molar-refractivity contribution in [1.82, 2.24) is 4.90 Å². The molecule has 0 unspecified atom stereocenters. The van der Waals surface area contributed by atoms with E-state index >= 15 is 0 Å². The second-order valence-electron chi connectivity index (χ2n) is 2.34. The summed E-state index contributed by atoms with van der Waals surface area (Å²) in [7, 11) is 4.58. The Kier molecular flexibility index (Phi) is 6.33. The highest BCUT2D eigenvalue weighted by Crippen LogP contribution is 2.66. The van der Waals surface area contributed by atoms with E-state index in [9.17, 15) is 0 Å². The third kappa shape index (κ3) is 4.51. The van der Waals surface area contributed by atoms with Crippen LogP contribution in [0.2, 0.25) is 0 Å². The quantitative estimate of drug-likeness (QED) is 0.356.